The van der Waals surface area contributed by atoms with E-state index in [0.717, 1.165) is 10.0 Å². The summed E-state index contributed by atoms with van der Waals surface area (Å²) in [6.07, 6.45) is 0. The SMILES string of the molecule is C[C@@H](N)c1oc2ccc(Br)cc2c(=O)c1-c1ccccc1. The molecule has 0 amide bonds. The van der Waals surface area contributed by atoms with Crippen LogP contribution in [0.25, 0.3) is 22.1 Å². The Morgan fingerprint density at radius 2 is 1.86 bits per heavy atom. The maximum atomic E-state index is 12.9. The average molecular weight is 344 g/mol. The van der Waals surface area contributed by atoms with Crippen LogP contribution >= 0.6 is 15.9 Å². The first-order valence-electron chi connectivity index (χ1n) is 6.65. The smallest absolute Gasteiger partial charge is 0.200 e. The molecule has 2 aromatic carbocycles. The Balaban J connectivity index is 2.43. The minimum absolute atomic E-state index is 0.0592. The summed E-state index contributed by atoms with van der Waals surface area (Å²) < 4.78 is 6.74. The molecular weight excluding hydrogens is 330 g/mol. The molecule has 0 radical (unpaired) electrons. The Labute approximate surface area is 130 Å². The zero-order valence-electron chi connectivity index (χ0n) is 11.5. The fraction of sp³-hybridized carbons (Fsp3) is 0.118. The molecule has 21 heavy (non-hydrogen) atoms. The number of nitrogens with two attached hydrogens (primary N) is 1. The zero-order valence-corrected chi connectivity index (χ0v) is 13.1. The first-order valence-corrected chi connectivity index (χ1v) is 7.44. The van der Waals surface area contributed by atoms with E-state index in [4.69, 9.17) is 10.2 Å². The molecular formula is C17H14BrNO2. The summed E-state index contributed by atoms with van der Waals surface area (Å²) in [5, 5.41) is 0.549. The van der Waals surface area contributed by atoms with Gasteiger partial charge >= 0.3 is 0 Å². The Morgan fingerprint density at radius 1 is 1.14 bits per heavy atom. The number of rotatable bonds is 2. The molecule has 0 aliphatic rings. The van der Waals surface area contributed by atoms with E-state index in [1.807, 2.05) is 43.3 Å². The van der Waals surface area contributed by atoms with Crippen molar-refractivity contribution in [1.29, 1.82) is 0 Å². The molecule has 1 heterocycles. The van der Waals surface area contributed by atoms with Gasteiger partial charge in [0.05, 0.1) is 17.0 Å². The lowest BCUT2D eigenvalue weighted by molar-refractivity contribution is 0.503. The summed E-state index contributed by atoms with van der Waals surface area (Å²) in [6, 6.07) is 14.5. The third-order valence-electron chi connectivity index (χ3n) is 3.36. The van der Waals surface area contributed by atoms with Gasteiger partial charge in [-0.05, 0) is 30.7 Å². The van der Waals surface area contributed by atoms with Crippen molar-refractivity contribution in [1.82, 2.24) is 0 Å². The highest BCUT2D eigenvalue weighted by atomic mass is 79.9. The number of hydrogen-bond acceptors (Lipinski definition) is 3. The van der Waals surface area contributed by atoms with Gasteiger partial charge in [-0.2, -0.15) is 0 Å². The molecule has 106 valence electrons. The van der Waals surface area contributed by atoms with Crippen LogP contribution in [0.1, 0.15) is 18.7 Å². The standard InChI is InChI=1S/C17H14BrNO2/c1-10(19)17-15(11-5-3-2-4-6-11)16(20)13-9-12(18)7-8-14(13)21-17/h2-10H,19H2,1H3/t10-/m1/s1. The predicted octanol–water partition coefficient (Wildman–Crippen LogP) is 4.24. The maximum Gasteiger partial charge on any atom is 0.200 e. The van der Waals surface area contributed by atoms with Crippen LogP contribution < -0.4 is 11.2 Å². The van der Waals surface area contributed by atoms with Crippen molar-refractivity contribution in [2.75, 3.05) is 0 Å². The molecule has 0 unspecified atom stereocenters. The molecule has 0 spiro atoms. The second kappa shape index (κ2) is 5.47. The fourth-order valence-electron chi connectivity index (χ4n) is 2.38. The van der Waals surface area contributed by atoms with Gasteiger partial charge in [-0.25, -0.2) is 0 Å². The van der Waals surface area contributed by atoms with E-state index in [9.17, 15) is 4.79 Å². The lowest BCUT2D eigenvalue weighted by Crippen LogP contribution is -2.14. The van der Waals surface area contributed by atoms with Crippen molar-refractivity contribution in [2.24, 2.45) is 5.73 Å². The van der Waals surface area contributed by atoms with Crippen molar-refractivity contribution in [3.8, 4) is 11.1 Å². The van der Waals surface area contributed by atoms with Crippen LogP contribution in [0.4, 0.5) is 0 Å². The van der Waals surface area contributed by atoms with Gasteiger partial charge < -0.3 is 10.2 Å². The molecule has 4 heteroatoms. The Kier molecular flexibility index (Phi) is 3.66. The van der Waals surface area contributed by atoms with Crippen LogP contribution in [-0.2, 0) is 0 Å². The van der Waals surface area contributed by atoms with Crippen molar-refractivity contribution in [3.05, 3.63) is 69.0 Å². The monoisotopic (exact) mass is 343 g/mol. The highest BCUT2D eigenvalue weighted by Gasteiger charge is 2.18. The molecule has 1 atom stereocenters. The van der Waals surface area contributed by atoms with Crippen LogP contribution in [0.5, 0.6) is 0 Å². The molecule has 0 aliphatic heterocycles. The molecule has 0 saturated heterocycles. The van der Waals surface area contributed by atoms with Crippen molar-refractivity contribution in [2.45, 2.75) is 13.0 Å². The molecule has 3 aromatic rings. The fourth-order valence-corrected chi connectivity index (χ4v) is 2.74. The molecule has 0 saturated carbocycles. The molecule has 3 rings (SSSR count). The van der Waals surface area contributed by atoms with Gasteiger partial charge in [0.2, 0.25) is 5.43 Å². The normalized spacial score (nSPS) is 12.5. The topological polar surface area (TPSA) is 56.2 Å². The van der Waals surface area contributed by atoms with E-state index in [2.05, 4.69) is 15.9 Å². The Bertz CT molecular complexity index is 854. The van der Waals surface area contributed by atoms with E-state index >= 15 is 0 Å². The average Bonchev–Trinajstić information content (AvgIpc) is 2.48. The van der Waals surface area contributed by atoms with Crippen molar-refractivity contribution in [3.63, 3.8) is 0 Å². The summed E-state index contributed by atoms with van der Waals surface area (Å²) in [5.74, 6) is 0.515. The first kappa shape index (κ1) is 14.0. The van der Waals surface area contributed by atoms with Gasteiger partial charge in [0.15, 0.2) is 0 Å². The minimum Gasteiger partial charge on any atom is -0.459 e. The predicted molar refractivity (Wildman–Crippen MR) is 88.2 cm³/mol. The highest BCUT2D eigenvalue weighted by molar-refractivity contribution is 9.10. The summed E-state index contributed by atoms with van der Waals surface area (Å²) in [5.41, 5.74) is 7.85. The second-order valence-electron chi connectivity index (χ2n) is 4.97. The summed E-state index contributed by atoms with van der Waals surface area (Å²) in [7, 11) is 0. The molecule has 0 fully saturated rings. The zero-order chi connectivity index (χ0) is 15.0. The van der Waals surface area contributed by atoms with Crippen LogP contribution in [0, 0.1) is 0 Å². The van der Waals surface area contributed by atoms with Gasteiger partial charge in [0.25, 0.3) is 0 Å². The van der Waals surface area contributed by atoms with Crippen LogP contribution in [0.15, 0.2) is 62.2 Å². The third kappa shape index (κ3) is 2.52. The van der Waals surface area contributed by atoms with Gasteiger partial charge in [0, 0.05) is 4.47 Å². The van der Waals surface area contributed by atoms with E-state index in [1.165, 1.54) is 0 Å². The largest absolute Gasteiger partial charge is 0.459 e. The van der Waals surface area contributed by atoms with E-state index in [0.29, 0.717) is 22.3 Å². The van der Waals surface area contributed by atoms with Crippen LogP contribution in [0.3, 0.4) is 0 Å². The van der Waals surface area contributed by atoms with Gasteiger partial charge in [-0.15, -0.1) is 0 Å². The van der Waals surface area contributed by atoms with Crippen molar-refractivity contribution < 1.29 is 4.42 Å². The molecule has 0 bridgehead atoms. The lowest BCUT2D eigenvalue weighted by Gasteiger charge is -2.12. The lowest BCUT2D eigenvalue weighted by atomic mass is 9.99. The van der Waals surface area contributed by atoms with E-state index in [1.54, 1.807) is 12.1 Å². The van der Waals surface area contributed by atoms with Gasteiger partial charge in [0.1, 0.15) is 11.3 Å². The Hall–Kier alpha value is -1.91. The first-order chi connectivity index (χ1) is 10.1. The molecule has 1 aromatic heterocycles. The van der Waals surface area contributed by atoms with Crippen LogP contribution in [0.2, 0.25) is 0 Å². The number of hydrogen-bond donors (Lipinski definition) is 1. The maximum absolute atomic E-state index is 12.9. The third-order valence-corrected chi connectivity index (χ3v) is 3.85. The van der Waals surface area contributed by atoms with E-state index in [-0.39, 0.29) is 11.5 Å². The summed E-state index contributed by atoms with van der Waals surface area (Å²) in [6.45, 7) is 1.81. The summed E-state index contributed by atoms with van der Waals surface area (Å²) in [4.78, 5) is 12.9. The Morgan fingerprint density at radius 3 is 2.52 bits per heavy atom. The number of benzene rings is 2. The van der Waals surface area contributed by atoms with Crippen molar-refractivity contribution >= 4 is 26.9 Å². The van der Waals surface area contributed by atoms with E-state index < -0.39 is 0 Å². The molecule has 0 aliphatic carbocycles. The summed E-state index contributed by atoms with van der Waals surface area (Å²) >= 11 is 3.39. The minimum atomic E-state index is -0.360. The second-order valence-corrected chi connectivity index (χ2v) is 5.88. The number of halogens is 1. The van der Waals surface area contributed by atoms with Gasteiger partial charge in [-0.3, -0.25) is 4.79 Å². The van der Waals surface area contributed by atoms with Crippen LogP contribution in [-0.4, -0.2) is 0 Å². The van der Waals surface area contributed by atoms with Gasteiger partial charge in [-0.1, -0.05) is 46.3 Å². The number of fused-ring (bicyclic) bond motifs is 1. The highest BCUT2D eigenvalue weighted by Crippen LogP contribution is 2.28. The molecule has 2 N–H and O–H groups in total. The molecule has 3 nitrogen and oxygen atoms in total. The quantitative estimate of drug-likeness (QED) is 0.756.